The van der Waals surface area contributed by atoms with Crippen molar-refractivity contribution in [2.75, 3.05) is 26.8 Å². The summed E-state index contributed by atoms with van der Waals surface area (Å²) >= 11 is 0. The summed E-state index contributed by atoms with van der Waals surface area (Å²) in [5.74, 6) is 0.784. The summed E-state index contributed by atoms with van der Waals surface area (Å²) in [5.41, 5.74) is 1.54. The predicted molar refractivity (Wildman–Crippen MR) is 120 cm³/mol. The third kappa shape index (κ3) is 6.34. The number of likely N-dealkylation sites (tertiary alicyclic amines) is 1. The van der Waals surface area contributed by atoms with E-state index >= 15 is 0 Å². The minimum Gasteiger partial charge on any atom is -0.497 e. The molecule has 1 aliphatic heterocycles. The molecule has 32 heavy (non-hydrogen) atoms. The molecule has 0 aromatic heterocycles. The average molecular weight is 437 g/mol. The second-order valence-corrected chi connectivity index (χ2v) is 7.16. The Labute approximate surface area is 187 Å². The van der Waals surface area contributed by atoms with Gasteiger partial charge >= 0.3 is 0 Å². The molecule has 1 saturated heterocycles. The maximum Gasteiger partial charge on any atom is 0.261 e. The number of carbonyl (C=O) groups is 2. The summed E-state index contributed by atoms with van der Waals surface area (Å²) in [6, 6.07) is 15.8. The van der Waals surface area contributed by atoms with Crippen molar-refractivity contribution in [1.82, 2.24) is 10.2 Å². The minimum atomic E-state index is -0.676. The second kappa shape index (κ2) is 11.5. The molecule has 0 radical (unpaired) electrons. The van der Waals surface area contributed by atoms with Gasteiger partial charge in [0.1, 0.15) is 24.1 Å². The van der Waals surface area contributed by atoms with E-state index in [4.69, 9.17) is 14.3 Å². The van der Waals surface area contributed by atoms with E-state index in [-0.39, 0.29) is 31.6 Å². The number of carbonyl (C=O) groups excluding carboxylic acids is 2. The van der Waals surface area contributed by atoms with E-state index in [9.17, 15) is 9.59 Å². The quantitative estimate of drug-likeness (QED) is 0.456. The maximum absolute atomic E-state index is 12.8. The molecule has 1 fully saturated rings. The molecule has 2 amide bonds. The standard InChI is InChI=1S/C24H27N3O5/c1-3-13-25-24(29)22-14-19(26-32-16-18-9-11-20(30-2)12-10-18)15-27(22)23(28)17-31-21-7-5-4-6-8-21/h3-12,22H,1,13-17H2,2H3,(H,25,29)/t22-/m0/s1. The van der Waals surface area contributed by atoms with E-state index < -0.39 is 6.04 Å². The van der Waals surface area contributed by atoms with Crippen LogP contribution in [0.1, 0.15) is 12.0 Å². The molecule has 1 aliphatic rings. The SMILES string of the molecule is C=CCNC(=O)[C@@H]1CC(=NOCc2ccc(OC)cc2)CN1C(=O)COc1ccccc1. The fourth-order valence-corrected chi connectivity index (χ4v) is 3.22. The van der Waals surface area contributed by atoms with Crippen molar-refractivity contribution in [2.24, 2.45) is 5.16 Å². The molecule has 0 spiro atoms. The molecule has 0 bridgehead atoms. The number of nitrogens with one attached hydrogen (secondary N) is 1. The average Bonchev–Trinajstić information content (AvgIpc) is 3.26. The molecule has 168 valence electrons. The van der Waals surface area contributed by atoms with E-state index in [0.29, 0.717) is 24.4 Å². The predicted octanol–water partition coefficient (Wildman–Crippen LogP) is 2.55. The highest BCUT2D eigenvalue weighted by atomic mass is 16.6. The molecule has 2 aromatic carbocycles. The van der Waals surface area contributed by atoms with Gasteiger partial charge in [0.05, 0.1) is 19.4 Å². The van der Waals surface area contributed by atoms with E-state index in [1.165, 1.54) is 4.90 Å². The molecule has 8 heteroatoms. The lowest BCUT2D eigenvalue weighted by molar-refractivity contribution is -0.139. The molecule has 3 rings (SSSR count). The summed E-state index contributed by atoms with van der Waals surface area (Å²) in [5, 5.41) is 6.92. The lowest BCUT2D eigenvalue weighted by Crippen LogP contribution is -2.47. The van der Waals surface area contributed by atoms with Crippen LogP contribution in [0.4, 0.5) is 0 Å². The van der Waals surface area contributed by atoms with Crippen LogP contribution in [0.5, 0.6) is 11.5 Å². The van der Waals surface area contributed by atoms with Crippen LogP contribution in [-0.4, -0.2) is 55.3 Å². The van der Waals surface area contributed by atoms with Crippen molar-refractivity contribution in [3.63, 3.8) is 0 Å². The summed E-state index contributed by atoms with van der Waals surface area (Å²) in [6.45, 7) is 4.22. The third-order valence-corrected chi connectivity index (χ3v) is 4.89. The van der Waals surface area contributed by atoms with Crippen molar-refractivity contribution < 1.29 is 23.9 Å². The van der Waals surface area contributed by atoms with Crippen LogP contribution in [0.3, 0.4) is 0 Å². The third-order valence-electron chi connectivity index (χ3n) is 4.89. The smallest absolute Gasteiger partial charge is 0.261 e. The lowest BCUT2D eigenvalue weighted by Gasteiger charge is -2.23. The minimum absolute atomic E-state index is 0.171. The monoisotopic (exact) mass is 437 g/mol. The summed E-state index contributed by atoms with van der Waals surface area (Å²) in [6.07, 6.45) is 1.88. The first-order valence-electron chi connectivity index (χ1n) is 10.3. The fourth-order valence-electron chi connectivity index (χ4n) is 3.22. The molecule has 0 saturated carbocycles. The summed E-state index contributed by atoms with van der Waals surface area (Å²) < 4.78 is 10.7. The largest absolute Gasteiger partial charge is 0.497 e. The van der Waals surface area contributed by atoms with Crippen molar-refractivity contribution in [2.45, 2.75) is 19.1 Å². The number of methoxy groups -OCH3 is 1. The van der Waals surface area contributed by atoms with Crippen molar-refractivity contribution in [3.05, 3.63) is 72.8 Å². The van der Waals surface area contributed by atoms with Crippen LogP contribution < -0.4 is 14.8 Å². The first kappa shape index (κ1) is 22.9. The normalized spacial score (nSPS) is 16.5. The number of rotatable bonds is 10. The molecular formula is C24H27N3O5. The Balaban J connectivity index is 1.62. The Morgan fingerprint density at radius 3 is 2.59 bits per heavy atom. The molecule has 0 aliphatic carbocycles. The molecule has 1 N–H and O–H groups in total. The number of oxime groups is 1. The van der Waals surface area contributed by atoms with E-state index in [2.05, 4.69) is 17.1 Å². The number of hydrogen-bond acceptors (Lipinski definition) is 6. The van der Waals surface area contributed by atoms with E-state index in [1.54, 1.807) is 25.3 Å². The summed E-state index contributed by atoms with van der Waals surface area (Å²) in [7, 11) is 1.61. The fraction of sp³-hybridized carbons (Fsp3) is 0.292. The van der Waals surface area contributed by atoms with Crippen molar-refractivity contribution in [3.8, 4) is 11.5 Å². The number of ether oxygens (including phenoxy) is 2. The van der Waals surface area contributed by atoms with E-state index in [0.717, 1.165) is 11.3 Å². The molecule has 0 unspecified atom stereocenters. The molecule has 8 nitrogen and oxygen atoms in total. The Kier molecular flexibility index (Phi) is 8.25. The van der Waals surface area contributed by atoms with Gasteiger partial charge in [-0.15, -0.1) is 6.58 Å². The van der Waals surface area contributed by atoms with E-state index in [1.807, 2.05) is 42.5 Å². The molecule has 1 heterocycles. The van der Waals surface area contributed by atoms with Crippen LogP contribution in [0.25, 0.3) is 0 Å². The number of hydrogen-bond donors (Lipinski definition) is 1. The van der Waals surface area contributed by atoms with Crippen LogP contribution >= 0.6 is 0 Å². The Morgan fingerprint density at radius 1 is 1.16 bits per heavy atom. The lowest BCUT2D eigenvalue weighted by atomic mass is 10.2. The van der Waals surface area contributed by atoms with Gasteiger partial charge in [-0.3, -0.25) is 9.59 Å². The summed E-state index contributed by atoms with van der Waals surface area (Å²) in [4.78, 5) is 32.3. The number of benzene rings is 2. The molecular weight excluding hydrogens is 410 g/mol. The zero-order valence-corrected chi connectivity index (χ0v) is 18.0. The number of amides is 2. The van der Waals surface area contributed by atoms with Gasteiger partial charge in [-0.1, -0.05) is 41.6 Å². The molecule has 2 aromatic rings. The Morgan fingerprint density at radius 2 is 1.91 bits per heavy atom. The topological polar surface area (TPSA) is 89.5 Å². The highest BCUT2D eigenvalue weighted by Crippen LogP contribution is 2.18. The van der Waals surface area contributed by atoms with Crippen LogP contribution in [0.15, 0.2) is 72.4 Å². The van der Waals surface area contributed by atoms with Gasteiger partial charge in [-0.25, -0.2) is 0 Å². The van der Waals surface area contributed by atoms with Gasteiger partial charge in [0, 0.05) is 13.0 Å². The van der Waals surface area contributed by atoms with Crippen LogP contribution in [0, 0.1) is 0 Å². The second-order valence-electron chi connectivity index (χ2n) is 7.16. The van der Waals surface area contributed by atoms with Gasteiger partial charge in [0.25, 0.3) is 5.91 Å². The van der Waals surface area contributed by atoms with Gasteiger partial charge in [-0.2, -0.15) is 0 Å². The van der Waals surface area contributed by atoms with Gasteiger partial charge in [0.2, 0.25) is 5.91 Å². The maximum atomic E-state index is 12.8. The highest BCUT2D eigenvalue weighted by Gasteiger charge is 2.38. The molecule has 1 atom stereocenters. The number of nitrogens with zero attached hydrogens (tertiary/aromatic N) is 2. The van der Waals surface area contributed by atoms with Gasteiger partial charge in [-0.05, 0) is 29.8 Å². The van der Waals surface area contributed by atoms with Crippen LogP contribution in [-0.2, 0) is 21.0 Å². The van der Waals surface area contributed by atoms with Crippen molar-refractivity contribution >= 4 is 17.5 Å². The zero-order valence-electron chi connectivity index (χ0n) is 18.0. The first-order chi connectivity index (χ1) is 15.6. The van der Waals surface area contributed by atoms with Gasteiger partial charge < -0.3 is 24.5 Å². The van der Waals surface area contributed by atoms with Crippen LogP contribution in [0.2, 0.25) is 0 Å². The highest BCUT2D eigenvalue weighted by molar-refractivity contribution is 6.01. The van der Waals surface area contributed by atoms with Gasteiger partial charge in [0.15, 0.2) is 6.61 Å². The Hall–Kier alpha value is -3.81. The number of para-hydroxylation sites is 1. The first-order valence-corrected chi connectivity index (χ1v) is 10.3. The zero-order chi connectivity index (χ0) is 22.8. The van der Waals surface area contributed by atoms with Crippen molar-refractivity contribution in [1.29, 1.82) is 0 Å². The Bertz CT molecular complexity index is 944.